The molecule has 1 aromatic rings. The molecular formula is C15H18N2O5. The Bertz CT molecular complexity index is 550. The van der Waals surface area contributed by atoms with Crippen LogP contribution in [0.4, 0.5) is 4.79 Å². The van der Waals surface area contributed by atoms with E-state index in [4.69, 9.17) is 9.15 Å². The van der Waals surface area contributed by atoms with Gasteiger partial charge >= 0.3 is 12.0 Å². The summed E-state index contributed by atoms with van der Waals surface area (Å²) in [6, 6.07) is 2.72. The summed E-state index contributed by atoms with van der Waals surface area (Å²) < 4.78 is 9.86. The second-order valence-electron chi connectivity index (χ2n) is 4.94. The lowest BCUT2D eigenvalue weighted by atomic mass is 10.1. The third kappa shape index (κ3) is 5.43. The number of carbonyl (C=O) groups excluding carboxylic acids is 3. The van der Waals surface area contributed by atoms with Crippen molar-refractivity contribution in [3.8, 4) is 0 Å². The number of urea groups is 1. The maximum absolute atomic E-state index is 11.5. The summed E-state index contributed by atoms with van der Waals surface area (Å²) in [4.78, 5) is 34.4. The first kappa shape index (κ1) is 15.8. The molecule has 1 aliphatic rings. The smallest absolute Gasteiger partial charge is 0.321 e. The van der Waals surface area contributed by atoms with Gasteiger partial charge in [-0.05, 0) is 30.9 Å². The molecule has 2 N–H and O–H groups in total. The molecule has 1 heterocycles. The summed E-state index contributed by atoms with van der Waals surface area (Å²) in [6.07, 6.45) is 7.63. The second kappa shape index (κ2) is 8.02. The van der Waals surface area contributed by atoms with E-state index >= 15 is 0 Å². The van der Waals surface area contributed by atoms with Gasteiger partial charge in [-0.25, -0.2) is 4.79 Å². The van der Waals surface area contributed by atoms with E-state index in [1.807, 2.05) is 12.2 Å². The van der Waals surface area contributed by atoms with Crippen molar-refractivity contribution in [3.63, 3.8) is 0 Å². The van der Waals surface area contributed by atoms with Crippen LogP contribution in [0.25, 0.3) is 0 Å². The van der Waals surface area contributed by atoms with Crippen LogP contribution >= 0.6 is 0 Å². The van der Waals surface area contributed by atoms with Gasteiger partial charge in [-0.2, -0.15) is 0 Å². The summed E-state index contributed by atoms with van der Waals surface area (Å²) in [5.74, 6) is -0.360. The third-order valence-electron chi connectivity index (χ3n) is 3.16. The molecule has 0 unspecified atom stereocenters. The number of ether oxygens (including phenoxy) is 1. The number of esters is 1. The number of rotatable bonds is 6. The van der Waals surface area contributed by atoms with Gasteiger partial charge in [0, 0.05) is 0 Å². The van der Waals surface area contributed by atoms with Gasteiger partial charge in [0.2, 0.25) is 0 Å². The fourth-order valence-electron chi connectivity index (χ4n) is 2.07. The number of hydrogen-bond acceptors (Lipinski definition) is 5. The van der Waals surface area contributed by atoms with E-state index < -0.39 is 24.5 Å². The average Bonchev–Trinajstić information content (AvgIpc) is 3.16. The zero-order chi connectivity index (χ0) is 15.8. The lowest BCUT2D eigenvalue weighted by Crippen LogP contribution is -2.41. The second-order valence-corrected chi connectivity index (χ2v) is 4.94. The predicted molar refractivity (Wildman–Crippen MR) is 76.5 cm³/mol. The van der Waals surface area contributed by atoms with Crippen LogP contribution in [0.5, 0.6) is 0 Å². The Labute approximate surface area is 127 Å². The van der Waals surface area contributed by atoms with Crippen molar-refractivity contribution in [2.75, 3.05) is 6.61 Å². The fraction of sp³-hybridized carbons (Fsp3) is 0.400. The van der Waals surface area contributed by atoms with Crippen molar-refractivity contribution >= 4 is 17.9 Å². The molecule has 7 nitrogen and oxygen atoms in total. The monoisotopic (exact) mass is 306 g/mol. The Morgan fingerprint density at radius 1 is 1.36 bits per heavy atom. The first-order valence-electron chi connectivity index (χ1n) is 7.06. The first-order chi connectivity index (χ1) is 10.6. The Balaban J connectivity index is 1.59. The van der Waals surface area contributed by atoms with Gasteiger partial charge < -0.3 is 14.5 Å². The minimum Gasteiger partial charge on any atom is -0.467 e. The van der Waals surface area contributed by atoms with Crippen LogP contribution in [-0.4, -0.2) is 24.5 Å². The molecule has 0 radical (unpaired) electrons. The Hall–Kier alpha value is -2.57. The summed E-state index contributed by atoms with van der Waals surface area (Å²) in [5.41, 5.74) is 0. The number of allylic oxidation sites excluding steroid dienone is 2. The molecule has 1 atom stereocenters. The van der Waals surface area contributed by atoms with E-state index in [1.54, 1.807) is 12.1 Å². The summed E-state index contributed by atoms with van der Waals surface area (Å²) in [7, 11) is 0. The van der Waals surface area contributed by atoms with Crippen molar-refractivity contribution in [3.05, 3.63) is 36.3 Å². The summed E-state index contributed by atoms with van der Waals surface area (Å²) >= 11 is 0. The minimum atomic E-state index is -0.674. The highest BCUT2D eigenvalue weighted by Gasteiger charge is 2.16. The molecule has 0 spiro atoms. The molecule has 0 saturated carbocycles. The van der Waals surface area contributed by atoms with Crippen LogP contribution < -0.4 is 10.6 Å². The lowest BCUT2D eigenvalue weighted by molar-refractivity contribution is -0.148. The van der Waals surface area contributed by atoms with E-state index in [-0.39, 0.29) is 18.9 Å². The first-order valence-corrected chi connectivity index (χ1v) is 7.06. The average molecular weight is 306 g/mol. The van der Waals surface area contributed by atoms with Gasteiger partial charge in [0.15, 0.2) is 6.61 Å². The van der Waals surface area contributed by atoms with Crippen molar-refractivity contribution in [2.24, 2.45) is 5.92 Å². The molecule has 1 aliphatic carbocycles. The highest BCUT2D eigenvalue weighted by molar-refractivity contribution is 5.95. The SMILES string of the molecule is O=C(COC(=O)C[C@H]1C=CCC1)NC(=O)NCc1ccco1. The molecule has 0 aliphatic heterocycles. The van der Waals surface area contributed by atoms with Crippen molar-refractivity contribution < 1.29 is 23.5 Å². The number of furan rings is 1. The van der Waals surface area contributed by atoms with Gasteiger partial charge in [0.25, 0.3) is 5.91 Å². The normalized spacial score (nSPS) is 16.3. The Kier molecular flexibility index (Phi) is 5.76. The fourth-order valence-corrected chi connectivity index (χ4v) is 2.07. The zero-order valence-electron chi connectivity index (χ0n) is 12.0. The minimum absolute atomic E-state index is 0.167. The number of nitrogens with one attached hydrogen (secondary N) is 2. The van der Waals surface area contributed by atoms with Crippen molar-refractivity contribution in [2.45, 2.75) is 25.8 Å². The molecule has 2 rings (SSSR count). The standard InChI is InChI=1S/C15H18N2O5/c18-13(10-22-14(19)8-11-4-1-2-5-11)17-15(20)16-9-12-6-3-7-21-12/h1,3-4,6-7,11H,2,5,8-10H2,(H2,16,17,18,20)/t11-/m0/s1. The largest absolute Gasteiger partial charge is 0.467 e. The zero-order valence-corrected chi connectivity index (χ0v) is 12.0. The highest BCUT2D eigenvalue weighted by atomic mass is 16.5. The van der Waals surface area contributed by atoms with Gasteiger partial charge in [-0.15, -0.1) is 0 Å². The molecule has 7 heteroatoms. The number of hydrogen-bond donors (Lipinski definition) is 2. The number of amides is 3. The molecule has 0 aromatic carbocycles. The Morgan fingerprint density at radius 2 is 2.23 bits per heavy atom. The molecule has 0 fully saturated rings. The molecular weight excluding hydrogens is 288 g/mol. The molecule has 3 amide bonds. The van der Waals surface area contributed by atoms with E-state index in [0.29, 0.717) is 5.76 Å². The van der Waals surface area contributed by atoms with Gasteiger partial charge in [-0.1, -0.05) is 12.2 Å². The highest BCUT2D eigenvalue weighted by Crippen LogP contribution is 2.20. The Morgan fingerprint density at radius 3 is 2.91 bits per heavy atom. The molecule has 1 aromatic heterocycles. The predicted octanol–water partition coefficient (Wildman–Crippen LogP) is 1.50. The van der Waals surface area contributed by atoms with Gasteiger partial charge in [0.05, 0.1) is 19.2 Å². The summed E-state index contributed by atoms with van der Waals surface area (Å²) in [5, 5.41) is 4.52. The van der Waals surface area contributed by atoms with Crippen molar-refractivity contribution in [1.29, 1.82) is 0 Å². The maximum atomic E-state index is 11.5. The summed E-state index contributed by atoms with van der Waals surface area (Å²) in [6.45, 7) is -0.302. The van der Waals surface area contributed by atoms with Crippen molar-refractivity contribution in [1.82, 2.24) is 10.6 Å². The van der Waals surface area contributed by atoms with Crippen LogP contribution in [0, 0.1) is 5.92 Å². The molecule has 0 bridgehead atoms. The van der Waals surface area contributed by atoms with Crippen LogP contribution in [0.2, 0.25) is 0 Å². The quantitative estimate of drug-likeness (QED) is 0.613. The molecule has 22 heavy (non-hydrogen) atoms. The molecule has 0 saturated heterocycles. The lowest BCUT2D eigenvalue weighted by Gasteiger charge is -2.08. The van der Waals surface area contributed by atoms with Crippen LogP contribution in [0.1, 0.15) is 25.0 Å². The maximum Gasteiger partial charge on any atom is 0.321 e. The topological polar surface area (TPSA) is 97.6 Å². The third-order valence-corrected chi connectivity index (χ3v) is 3.16. The van der Waals surface area contributed by atoms with E-state index in [1.165, 1.54) is 6.26 Å². The number of imide groups is 1. The van der Waals surface area contributed by atoms with E-state index in [2.05, 4.69) is 10.6 Å². The van der Waals surface area contributed by atoms with Crippen LogP contribution in [0.15, 0.2) is 35.0 Å². The number of carbonyl (C=O) groups is 3. The van der Waals surface area contributed by atoms with E-state index in [9.17, 15) is 14.4 Å². The van der Waals surface area contributed by atoms with Gasteiger partial charge in [0.1, 0.15) is 5.76 Å². The van der Waals surface area contributed by atoms with Crippen LogP contribution in [-0.2, 0) is 20.9 Å². The van der Waals surface area contributed by atoms with Gasteiger partial charge in [-0.3, -0.25) is 14.9 Å². The molecule has 118 valence electrons. The van der Waals surface area contributed by atoms with E-state index in [0.717, 1.165) is 12.8 Å². The van der Waals surface area contributed by atoms with Crippen LogP contribution in [0.3, 0.4) is 0 Å².